The fourth-order valence-electron chi connectivity index (χ4n) is 2.08. The minimum Gasteiger partial charge on any atom is -0.496 e. The van der Waals surface area contributed by atoms with Gasteiger partial charge >= 0.3 is 11.9 Å². The number of hydrogen-bond donors (Lipinski definition) is 0. The highest BCUT2D eigenvalue weighted by atomic mass is 16.6. The minimum atomic E-state index is -0.775. The fraction of sp³-hybridized carbons (Fsp3) is 0.474. The maximum absolute atomic E-state index is 12.4. The fourth-order valence-corrected chi connectivity index (χ4v) is 2.08. The van der Waals surface area contributed by atoms with Crippen molar-refractivity contribution >= 4 is 18.0 Å². The van der Waals surface area contributed by atoms with E-state index in [4.69, 9.17) is 23.7 Å². The molecule has 0 atom stereocenters. The minimum absolute atomic E-state index is 0.238. The Kier molecular flexibility index (Phi) is 7.96. The van der Waals surface area contributed by atoms with Gasteiger partial charge in [0.05, 0.1) is 33.5 Å². The maximum atomic E-state index is 12.4. The molecule has 7 heteroatoms. The molecule has 0 heterocycles. The van der Waals surface area contributed by atoms with Gasteiger partial charge in [0.25, 0.3) is 0 Å². The molecule has 1 aromatic rings. The van der Waals surface area contributed by atoms with Gasteiger partial charge in [0.15, 0.2) is 11.5 Å². The van der Waals surface area contributed by atoms with Gasteiger partial charge in [-0.3, -0.25) is 0 Å². The van der Waals surface area contributed by atoms with Crippen molar-refractivity contribution in [3.8, 4) is 17.2 Å². The molecule has 0 unspecified atom stereocenters. The number of methoxy groups -OCH3 is 3. The number of ether oxygens (including phenoxy) is 5. The first-order valence-electron chi connectivity index (χ1n) is 8.17. The van der Waals surface area contributed by atoms with Crippen molar-refractivity contribution in [2.45, 2.75) is 39.9 Å². The first kappa shape index (κ1) is 21.3. The number of carbonyl (C=O) groups is 2. The van der Waals surface area contributed by atoms with Crippen LogP contribution in [0.25, 0.3) is 6.08 Å². The third-order valence-electron chi connectivity index (χ3n) is 3.16. The zero-order valence-corrected chi connectivity index (χ0v) is 16.2. The summed E-state index contributed by atoms with van der Waals surface area (Å²) in [5.41, 5.74) is 0.208. The summed E-state index contributed by atoms with van der Waals surface area (Å²) < 4.78 is 26.1. The van der Waals surface area contributed by atoms with Crippen molar-refractivity contribution in [3.05, 3.63) is 23.3 Å². The summed E-state index contributed by atoms with van der Waals surface area (Å²) in [6.07, 6.45) is 0.589. The number of benzene rings is 1. The first-order chi connectivity index (χ1) is 12.2. The molecule has 0 radical (unpaired) electrons. The molecular weight excluding hydrogens is 340 g/mol. The van der Waals surface area contributed by atoms with Crippen LogP contribution < -0.4 is 14.2 Å². The molecule has 144 valence electrons. The van der Waals surface area contributed by atoms with Crippen LogP contribution in [0, 0.1) is 0 Å². The molecule has 0 aliphatic rings. The van der Waals surface area contributed by atoms with Crippen LogP contribution in [0.1, 0.15) is 33.3 Å². The molecule has 0 aliphatic carbocycles. The van der Waals surface area contributed by atoms with Crippen LogP contribution in [0.4, 0.5) is 0 Å². The predicted molar refractivity (Wildman–Crippen MR) is 96.5 cm³/mol. The second kappa shape index (κ2) is 9.70. The summed E-state index contributed by atoms with van der Waals surface area (Å²) in [6, 6.07) is 3.20. The van der Waals surface area contributed by atoms with Gasteiger partial charge in [-0.15, -0.1) is 0 Å². The van der Waals surface area contributed by atoms with Gasteiger partial charge in [-0.05, 0) is 39.8 Å². The number of rotatable bonds is 8. The smallest absolute Gasteiger partial charge is 0.345 e. The Bertz CT molecular complexity index is 651. The molecule has 0 bridgehead atoms. The Balaban J connectivity index is 3.46. The highest BCUT2D eigenvalue weighted by Crippen LogP contribution is 2.35. The van der Waals surface area contributed by atoms with Gasteiger partial charge in [-0.1, -0.05) is 0 Å². The highest BCUT2D eigenvalue weighted by Gasteiger charge is 2.24. The van der Waals surface area contributed by atoms with E-state index in [9.17, 15) is 9.59 Å². The van der Waals surface area contributed by atoms with E-state index in [1.807, 2.05) is 0 Å². The molecule has 0 amide bonds. The van der Waals surface area contributed by atoms with Crippen LogP contribution in [0.5, 0.6) is 17.2 Å². The molecular formula is C19H26O7. The van der Waals surface area contributed by atoms with Gasteiger partial charge < -0.3 is 23.7 Å². The molecule has 0 saturated heterocycles. The first-order valence-corrected chi connectivity index (χ1v) is 8.17. The molecule has 1 aromatic carbocycles. The van der Waals surface area contributed by atoms with Crippen LogP contribution >= 0.6 is 0 Å². The molecule has 0 spiro atoms. The van der Waals surface area contributed by atoms with Gasteiger partial charge in [0.2, 0.25) is 0 Å². The number of carbonyl (C=O) groups excluding carboxylic acids is 2. The van der Waals surface area contributed by atoms with Crippen molar-refractivity contribution in [2.75, 3.05) is 21.3 Å². The average Bonchev–Trinajstić information content (AvgIpc) is 2.57. The van der Waals surface area contributed by atoms with Crippen LogP contribution in [0.2, 0.25) is 0 Å². The van der Waals surface area contributed by atoms with Crippen LogP contribution in [-0.2, 0) is 19.1 Å². The van der Waals surface area contributed by atoms with Crippen molar-refractivity contribution in [2.24, 2.45) is 0 Å². The van der Waals surface area contributed by atoms with E-state index >= 15 is 0 Å². The van der Waals surface area contributed by atoms with Crippen LogP contribution in [0.15, 0.2) is 17.7 Å². The van der Waals surface area contributed by atoms with Crippen molar-refractivity contribution in [1.29, 1.82) is 0 Å². The molecule has 0 saturated carbocycles. The second-order valence-electron chi connectivity index (χ2n) is 5.92. The Morgan fingerprint density at radius 2 is 1.19 bits per heavy atom. The lowest BCUT2D eigenvalue weighted by atomic mass is 10.1. The molecule has 1 rings (SSSR count). The zero-order chi connectivity index (χ0) is 19.9. The molecule has 0 N–H and O–H groups in total. The van der Waals surface area contributed by atoms with Crippen molar-refractivity contribution < 1.29 is 33.3 Å². The van der Waals surface area contributed by atoms with E-state index in [0.29, 0.717) is 22.8 Å². The van der Waals surface area contributed by atoms with Crippen molar-refractivity contribution in [1.82, 2.24) is 0 Å². The van der Waals surface area contributed by atoms with Gasteiger partial charge in [-0.2, -0.15) is 0 Å². The average molecular weight is 366 g/mol. The lowest BCUT2D eigenvalue weighted by molar-refractivity contribution is -0.150. The van der Waals surface area contributed by atoms with E-state index in [0.717, 1.165) is 0 Å². The standard InChI is InChI=1S/C19H26O7/c1-11(2)25-18(20)14(19(21)26-12(3)4)8-13-9-16(23-6)17(24-7)10-15(13)22-5/h8-12H,1-7H3. The highest BCUT2D eigenvalue weighted by molar-refractivity contribution is 6.18. The van der Waals surface area contributed by atoms with Gasteiger partial charge in [0, 0.05) is 11.6 Å². The SMILES string of the molecule is COc1cc(OC)c(OC)cc1C=C(C(=O)OC(C)C)C(=O)OC(C)C. The second-order valence-corrected chi connectivity index (χ2v) is 5.92. The maximum Gasteiger partial charge on any atom is 0.345 e. The molecule has 26 heavy (non-hydrogen) atoms. The van der Waals surface area contributed by atoms with Crippen molar-refractivity contribution in [3.63, 3.8) is 0 Å². The molecule has 7 nitrogen and oxygen atoms in total. The summed E-state index contributed by atoms with van der Waals surface area (Å²) >= 11 is 0. The molecule has 0 aliphatic heterocycles. The van der Waals surface area contributed by atoms with E-state index in [-0.39, 0.29) is 17.8 Å². The quantitative estimate of drug-likeness (QED) is 0.303. The third kappa shape index (κ3) is 5.68. The van der Waals surface area contributed by atoms with E-state index in [1.165, 1.54) is 27.4 Å². The van der Waals surface area contributed by atoms with Gasteiger partial charge in [-0.25, -0.2) is 9.59 Å². The van der Waals surface area contributed by atoms with Crippen LogP contribution in [0.3, 0.4) is 0 Å². The Morgan fingerprint density at radius 1 is 0.769 bits per heavy atom. The summed E-state index contributed by atoms with van der Waals surface area (Å²) in [5, 5.41) is 0. The normalized spacial score (nSPS) is 10.3. The summed E-state index contributed by atoms with van der Waals surface area (Å²) in [7, 11) is 4.45. The molecule has 0 aromatic heterocycles. The third-order valence-corrected chi connectivity index (χ3v) is 3.16. The summed E-state index contributed by atoms with van der Waals surface area (Å²) in [4.78, 5) is 24.7. The van der Waals surface area contributed by atoms with Crippen LogP contribution in [-0.4, -0.2) is 45.5 Å². The largest absolute Gasteiger partial charge is 0.496 e. The Morgan fingerprint density at radius 3 is 1.58 bits per heavy atom. The summed E-state index contributed by atoms with van der Waals surface area (Å²) in [5.74, 6) is -0.272. The topological polar surface area (TPSA) is 80.3 Å². The number of hydrogen-bond acceptors (Lipinski definition) is 7. The summed E-state index contributed by atoms with van der Waals surface area (Å²) in [6.45, 7) is 6.78. The number of esters is 2. The molecule has 0 fully saturated rings. The van der Waals surface area contributed by atoms with E-state index in [1.54, 1.807) is 39.8 Å². The lowest BCUT2D eigenvalue weighted by Gasteiger charge is -2.15. The Labute approximate surface area is 153 Å². The zero-order valence-electron chi connectivity index (χ0n) is 16.2. The lowest BCUT2D eigenvalue weighted by Crippen LogP contribution is -2.23. The monoisotopic (exact) mass is 366 g/mol. The van der Waals surface area contributed by atoms with E-state index in [2.05, 4.69) is 0 Å². The predicted octanol–water partition coefficient (Wildman–Crippen LogP) is 3.00. The Hall–Kier alpha value is -2.70. The van der Waals surface area contributed by atoms with Gasteiger partial charge in [0.1, 0.15) is 11.3 Å². The van der Waals surface area contributed by atoms with E-state index < -0.39 is 11.9 Å².